The van der Waals surface area contributed by atoms with Crippen molar-refractivity contribution in [2.45, 2.75) is 0 Å². The van der Waals surface area contributed by atoms with E-state index in [1.54, 1.807) is 31.3 Å². The van der Waals surface area contributed by atoms with Gasteiger partial charge in [0.2, 0.25) is 0 Å². The van der Waals surface area contributed by atoms with Gasteiger partial charge in [0.05, 0.1) is 7.11 Å². The topological polar surface area (TPSA) is 46.6 Å². The quantitative estimate of drug-likeness (QED) is 0.794. The summed E-state index contributed by atoms with van der Waals surface area (Å²) in [7, 11) is 2.85. The van der Waals surface area contributed by atoms with Crippen molar-refractivity contribution in [3.05, 3.63) is 34.3 Å². The first kappa shape index (κ1) is 12.7. The van der Waals surface area contributed by atoms with Crippen molar-refractivity contribution in [3.8, 4) is 0 Å². The van der Waals surface area contributed by atoms with Crippen molar-refractivity contribution in [1.82, 2.24) is 4.90 Å². The van der Waals surface area contributed by atoms with Crippen LogP contribution in [0.2, 0.25) is 0 Å². The fourth-order valence-electron chi connectivity index (χ4n) is 1.14. The van der Waals surface area contributed by atoms with Gasteiger partial charge in [-0.3, -0.25) is 9.59 Å². The lowest BCUT2D eigenvalue weighted by Gasteiger charge is -2.15. The monoisotopic (exact) mass is 285 g/mol. The van der Waals surface area contributed by atoms with Crippen molar-refractivity contribution in [1.29, 1.82) is 0 Å². The minimum absolute atomic E-state index is 0.0502. The predicted octanol–water partition coefficient (Wildman–Crippen LogP) is 1.69. The highest BCUT2D eigenvalue weighted by molar-refractivity contribution is 9.10. The van der Waals surface area contributed by atoms with Crippen LogP contribution in [0.5, 0.6) is 0 Å². The van der Waals surface area contributed by atoms with Crippen molar-refractivity contribution >= 4 is 27.8 Å². The molecule has 0 bridgehead atoms. The second kappa shape index (κ2) is 5.65. The van der Waals surface area contributed by atoms with E-state index in [1.165, 1.54) is 12.0 Å². The standard InChI is InChI=1S/C11H12BrNO3/c1-13(7-10(14)16-2)11(15)8-3-5-9(12)6-4-8/h3-6H,7H2,1-2H3. The Balaban J connectivity index is 2.70. The minimum Gasteiger partial charge on any atom is -0.468 e. The Labute approximate surface area is 102 Å². The summed E-state index contributed by atoms with van der Waals surface area (Å²) >= 11 is 3.28. The second-order valence-electron chi connectivity index (χ2n) is 3.24. The molecule has 1 rings (SSSR count). The van der Waals surface area contributed by atoms with E-state index in [9.17, 15) is 9.59 Å². The van der Waals surface area contributed by atoms with Crippen molar-refractivity contribution in [2.75, 3.05) is 20.7 Å². The molecular weight excluding hydrogens is 274 g/mol. The summed E-state index contributed by atoms with van der Waals surface area (Å²) in [4.78, 5) is 24.1. The number of rotatable bonds is 3. The molecule has 0 fully saturated rings. The third-order valence-corrected chi connectivity index (χ3v) is 2.56. The van der Waals surface area contributed by atoms with Gasteiger partial charge in [0.1, 0.15) is 6.54 Å². The van der Waals surface area contributed by atoms with Crippen LogP contribution >= 0.6 is 15.9 Å². The number of hydrogen-bond acceptors (Lipinski definition) is 3. The molecule has 0 saturated carbocycles. The smallest absolute Gasteiger partial charge is 0.325 e. The molecule has 0 aliphatic rings. The summed E-state index contributed by atoms with van der Waals surface area (Å²) in [5, 5.41) is 0. The van der Waals surface area contributed by atoms with E-state index in [4.69, 9.17) is 0 Å². The average Bonchev–Trinajstić information content (AvgIpc) is 2.28. The van der Waals surface area contributed by atoms with Crippen LogP contribution in [0, 0.1) is 0 Å². The Morgan fingerprint density at radius 1 is 1.31 bits per heavy atom. The fourth-order valence-corrected chi connectivity index (χ4v) is 1.41. The molecule has 1 amide bonds. The van der Waals surface area contributed by atoms with Gasteiger partial charge in [0.25, 0.3) is 5.91 Å². The third kappa shape index (κ3) is 3.34. The number of methoxy groups -OCH3 is 1. The maximum atomic E-state index is 11.8. The van der Waals surface area contributed by atoms with Gasteiger partial charge in [-0.25, -0.2) is 0 Å². The van der Waals surface area contributed by atoms with E-state index in [1.807, 2.05) is 0 Å². The summed E-state index contributed by atoms with van der Waals surface area (Å²) in [6, 6.07) is 6.94. The predicted molar refractivity (Wildman–Crippen MR) is 63.1 cm³/mol. The molecule has 0 radical (unpaired) electrons. The van der Waals surface area contributed by atoms with Gasteiger partial charge in [-0.05, 0) is 24.3 Å². The normalized spacial score (nSPS) is 9.69. The van der Waals surface area contributed by atoms with E-state index in [-0.39, 0.29) is 12.5 Å². The lowest BCUT2D eigenvalue weighted by molar-refractivity contribution is -0.141. The molecule has 0 saturated heterocycles. The number of carbonyl (C=O) groups is 2. The van der Waals surface area contributed by atoms with Crippen LogP contribution in [0.15, 0.2) is 28.7 Å². The van der Waals surface area contributed by atoms with E-state index >= 15 is 0 Å². The summed E-state index contributed by atoms with van der Waals surface area (Å²) in [6.07, 6.45) is 0. The van der Waals surface area contributed by atoms with Crippen LogP contribution in [0.3, 0.4) is 0 Å². The van der Waals surface area contributed by atoms with Crippen LogP contribution in [-0.4, -0.2) is 37.5 Å². The molecule has 1 aromatic rings. The van der Waals surface area contributed by atoms with Crippen LogP contribution in [0.4, 0.5) is 0 Å². The Morgan fingerprint density at radius 3 is 2.38 bits per heavy atom. The largest absolute Gasteiger partial charge is 0.468 e. The van der Waals surface area contributed by atoms with Crippen LogP contribution in [0.25, 0.3) is 0 Å². The first-order valence-electron chi connectivity index (χ1n) is 4.62. The number of halogens is 1. The molecule has 0 atom stereocenters. The fraction of sp³-hybridized carbons (Fsp3) is 0.273. The van der Waals surface area contributed by atoms with Crippen molar-refractivity contribution in [2.24, 2.45) is 0 Å². The van der Waals surface area contributed by atoms with E-state index in [2.05, 4.69) is 20.7 Å². The second-order valence-corrected chi connectivity index (χ2v) is 4.16. The van der Waals surface area contributed by atoms with Gasteiger partial charge in [-0.2, -0.15) is 0 Å². The molecule has 0 unspecified atom stereocenters. The molecule has 5 heteroatoms. The van der Waals surface area contributed by atoms with Gasteiger partial charge in [-0.15, -0.1) is 0 Å². The highest BCUT2D eigenvalue weighted by Crippen LogP contribution is 2.11. The van der Waals surface area contributed by atoms with Crippen LogP contribution in [0.1, 0.15) is 10.4 Å². The Morgan fingerprint density at radius 2 is 1.88 bits per heavy atom. The summed E-state index contributed by atoms with van der Waals surface area (Å²) in [6.45, 7) is -0.0502. The average molecular weight is 286 g/mol. The lowest BCUT2D eigenvalue weighted by Crippen LogP contribution is -2.32. The molecule has 0 aliphatic carbocycles. The number of amides is 1. The molecule has 0 aromatic heterocycles. The van der Waals surface area contributed by atoms with Crippen LogP contribution < -0.4 is 0 Å². The molecular formula is C11H12BrNO3. The molecule has 0 aliphatic heterocycles. The van der Waals surface area contributed by atoms with E-state index in [0.29, 0.717) is 5.56 Å². The minimum atomic E-state index is -0.437. The number of likely N-dealkylation sites (N-methyl/N-ethyl adjacent to an activating group) is 1. The van der Waals surface area contributed by atoms with Crippen molar-refractivity contribution in [3.63, 3.8) is 0 Å². The Kier molecular flexibility index (Phi) is 4.49. The first-order chi connectivity index (χ1) is 7.54. The SMILES string of the molecule is COC(=O)CN(C)C(=O)c1ccc(Br)cc1. The highest BCUT2D eigenvalue weighted by Gasteiger charge is 2.14. The van der Waals surface area contributed by atoms with E-state index in [0.717, 1.165) is 4.47 Å². The number of carbonyl (C=O) groups excluding carboxylic acids is 2. The first-order valence-corrected chi connectivity index (χ1v) is 5.41. The van der Waals surface area contributed by atoms with Gasteiger partial charge >= 0.3 is 5.97 Å². The van der Waals surface area contributed by atoms with Crippen molar-refractivity contribution < 1.29 is 14.3 Å². The van der Waals surface area contributed by atoms with Gasteiger partial charge in [-0.1, -0.05) is 15.9 Å². The number of benzene rings is 1. The van der Waals surface area contributed by atoms with Gasteiger partial charge < -0.3 is 9.64 Å². The summed E-state index contributed by atoms with van der Waals surface area (Å²) in [5.74, 6) is -0.647. The lowest BCUT2D eigenvalue weighted by atomic mass is 10.2. The highest BCUT2D eigenvalue weighted by atomic mass is 79.9. The molecule has 1 aromatic carbocycles. The molecule has 0 spiro atoms. The Bertz CT molecular complexity index is 389. The molecule has 86 valence electrons. The molecule has 0 N–H and O–H groups in total. The Hall–Kier alpha value is -1.36. The summed E-state index contributed by atoms with van der Waals surface area (Å²) < 4.78 is 5.39. The number of hydrogen-bond donors (Lipinski definition) is 0. The molecule has 16 heavy (non-hydrogen) atoms. The van der Waals surface area contributed by atoms with Gasteiger partial charge in [0.15, 0.2) is 0 Å². The van der Waals surface area contributed by atoms with Crippen LogP contribution in [-0.2, 0) is 9.53 Å². The maximum Gasteiger partial charge on any atom is 0.325 e. The maximum absolute atomic E-state index is 11.8. The third-order valence-electron chi connectivity index (χ3n) is 2.03. The van der Waals surface area contributed by atoms with Gasteiger partial charge in [0, 0.05) is 17.1 Å². The zero-order chi connectivity index (χ0) is 12.1. The molecule has 4 nitrogen and oxygen atoms in total. The number of nitrogens with zero attached hydrogens (tertiary/aromatic N) is 1. The zero-order valence-corrected chi connectivity index (χ0v) is 10.7. The number of ether oxygens (including phenoxy) is 1. The number of esters is 1. The zero-order valence-electron chi connectivity index (χ0n) is 9.07. The van der Waals surface area contributed by atoms with E-state index < -0.39 is 5.97 Å². The summed E-state index contributed by atoms with van der Waals surface area (Å²) in [5.41, 5.74) is 0.537. The molecule has 0 heterocycles.